The minimum atomic E-state index is -4.56. The van der Waals surface area contributed by atoms with Crippen LogP contribution < -0.4 is 4.90 Å². The van der Waals surface area contributed by atoms with Crippen LogP contribution in [0.25, 0.3) is 11.0 Å². The number of fused-ring (bicyclic) bond motifs is 1. The Labute approximate surface area is 138 Å². The number of ether oxygens (including phenoxy) is 1. The summed E-state index contributed by atoms with van der Waals surface area (Å²) >= 11 is 3.04. The number of halogens is 4. The van der Waals surface area contributed by atoms with E-state index in [1.807, 2.05) is 0 Å². The second kappa shape index (κ2) is 5.70. The number of hydrogen-bond acceptors (Lipinski definition) is 3. The van der Waals surface area contributed by atoms with Crippen molar-refractivity contribution in [1.82, 2.24) is 9.97 Å². The third kappa shape index (κ3) is 3.95. The molecule has 0 saturated carbocycles. The summed E-state index contributed by atoms with van der Waals surface area (Å²) in [6.45, 7) is 5.07. The molecule has 0 fully saturated rings. The highest BCUT2D eigenvalue weighted by atomic mass is 79.9. The van der Waals surface area contributed by atoms with E-state index in [1.165, 1.54) is 13.1 Å². The molecule has 0 saturated heterocycles. The highest BCUT2D eigenvalue weighted by molar-refractivity contribution is 9.10. The molecule has 1 aromatic carbocycles. The third-order valence-electron chi connectivity index (χ3n) is 2.83. The van der Waals surface area contributed by atoms with E-state index in [0.29, 0.717) is 0 Å². The smallest absolute Gasteiger partial charge is 0.418 e. The molecule has 0 spiro atoms. The minimum Gasteiger partial charge on any atom is -0.443 e. The van der Waals surface area contributed by atoms with Crippen LogP contribution in [0.2, 0.25) is 0 Å². The van der Waals surface area contributed by atoms with Crippen molar-refractivity contribution in [2.24, 2.45) is 0 Å². The lowest BCUT2D eigenvalue weighted by Gasteiger charge is -2.23. The Morgan fingerprint density at radius 1 is 1.30 bits per heavy atom. The highest BCUT2D eigenvalue weighted by Crippen LogP contribution is 2.36. The van der Waals surface area contributed by atoms with E-state index in [1.54, 1.807) is 20.8 Å². The van der Waals surface area contributed by atoms with E-state index >= 15 is 0 Å². The summed E-state index contributed by atoms with van der Waals surface area (Å²) in [5.74, 6) is -0.0298. The van der Waals surface area contributed by atoms with Gasteiger partial charge in [0.1, 0.15) is 11.1 Å². The summed E-state index contributed by atoms with van der Waals surface area (Å²) in [7, 11) is 1.37. The van der Waals surface area contributed by atoms with Crippen LogP contribution in [0.15, 0.2) is 16.6 Å². The molecule has 0 atom stereocenters. The molecular weight excluding hydrogens is 379 g/mol. The predicted octanol–water partition coefficient (Wildman–Crippen LogP) is 4.72. The van der Waals surface area contributed by atoms with Gasteiger partial charge < -0.3 is 9.72 Å². The minimum absolute atomic E-state index is 0.0298. The fourth-order valence-corrected chi connectivity index (χ4v) is 2.32. The fourth-order valence-electron chi connectivity index (χ4n) is 1.86. The number of benzene rings is 1. The van der Waals surface area contributed by atoms with Gasteiger partial charge in [0, 0.05) is 11.5 Å². The monoisotopic (exact) mass is 393 g/mol. The van der Waals surface area contributed by atoms with Gasteiger partial charge in [0.2, 0.25) is 5.95 Å². The normalized spacial score (nSPS) is 12.5. The molecule has 2 aromatic rings. The molecule has 1 heterocycles. The van der Waals surface area contributed by atoms with E-state index < -0.39 is 23.4 Å². The molecule has 1 aromatic heterocycles. The number of alkyl halides is 3. The van der Waals surface area contributed by atoms with E-state index in [9.17, 15) is 18.0 Å². The first-order valence-electron chi connectivity index (χ1n) is 6.61. The molecule has 0 unspecified atom stereocenters. The van der Waals surface area contributed by atoms with Crippen LogP contribution in [0.4, 0.5) is 23.9 Å². The second-order valence-electron chi connectivity index (χ2n) is 5.95. The zero-order valence-electron chi connectivity index (χ0n) is 12.9. The first kappa shape index (κ1) is 17.6. The average molecular weight is 394 g/mol. The SMILES string of the molecule is CN(C(=O)OC(C)(C)C)c1nc2c(C(F)(F)F)cc(Br)cc2[nH]1. The molecule has 0 aliphatic heterocycles. The van der Waals surface area contributed by atoms with Crippen molar-refractivity contribution in [2.45, 2.75) is 32.5 Å². The molecule has 0 aliphatic rings. The highest BCUT2D eigenvalue weighted by Gasteiger charge is 2.35. The zero-order valence-corrected chi connectivity index (χ0v) is 14.5. The van der Waals surface area contributed by atoms with Gasteiger partial charge in [-0.1, -0.05) is 15.9 Å². The molecule has 5 nitrogen and oxygen atoms in total. The largest absolute Gasteiger partial charge is 0.443 e. The number of carbonyl (C=O) groups is 1. The van der Waals surface area contributed by atoms with Crippen molar-refractivity contribution < 1.29 is 22.7 Å². The van der Waals surface area contributed by atoms with Crippen molar-refractivity contribution in [3.05, 3.63) is 22.2 Å². The van der Waals surface area contributed by atoms with E-state index in [0.717, 1.165) is 11.0 Å². The molecule has 23 heavy (non-hydrogen) atoms. The van der Waals surface area contributed by atoms with Gasteiger partial charge in [-0.2, -0.15) is 13.2 Å². The molecule has 1 amide bonds. The van der Waals surface area contributed by atoms with Gasteiger partial charge in [-0.25, -0.2) is 9.78 Å². The Bertz CT molecular complexity index is 750. The second-order valence-corrected chi connectivity index (χ2v) is 6.86. The molecule has 126 valence electrons. The van der Waals surface area contributed by atoms with Crippen molar-refractivity contribution in [3.8, 4) is 0 Å². The summed E-state index contributed by atoms with van der Waals surface area (Å²) in [6, 6.07) is 2.41. The standard InChI is InChI=1S/C14H15BrF3N3O2/c1-13(2,3)23-12(22)21(4)11-19-9-6-7(15)5-8(10(9)20-11)14(16,17)18/h5-6H,1-4H3,(H,19,20). The molecule has 0 bridgehead atoms. The number of nitrogens with one attached hydrogen (secondary N) is 1. The molecular formula is C14H15BrF3N3O2. The molecule has 1 N–H and O–H groups in total. The van der Waals surface area contributed by atoms with Crippen LogP contribution in [-0.2, 0) is 10.9 Å². The van der Waals surface area contributed by atoms with Crippen LogP contribution >= 0.6 is 15.9 Å². The first-order chi connectivity index (χ1) is 10.4. The zero-order chi connectivity index (χ0) is 17.6. The maximum Gasteiger partial charge on any atom is 0.418 e. The molecule has 2 rings (SSSR count). The summed E-state index contributed by atoms with van der Waals surface area (Å²) in [4.78, 5) is 19.6. The number of anilines is 1. The lowest BCUT2D eigenvalue weighted by Crippen LogP contribution is -2.34. The number of rotatable bonds is 1. The number of carbonyl (C=O) groups excluding carboxylic acids is 1. The number of imidazole rings is 1. The van der Waals surface area contributed by atoms with Gasteiger partial charge >= 0.3 is 12.3 Å². The topological polar surface area (TPSA) is 58.2 Å². The number of nitrogens with zero attached hydrogens (tertiary/aromatic N) is 2. The van der Waals surface area contributed by atoms with Gasteiger partial charge in [-0.3, -0.25) is 4.90 Å². The Kier molecular flexibility index (Phi) is 4.36. The van der Waals surface area contributed by atoms with Crippen molar-refractivity contribution in [2.75, 3.05) is 11.9 Å². The van der Waals surface area contributed by atoms with Crippen LogP contribution in [-0.4, -0.2) is 28.7 Å². The number of amides is 1. The molecule has 0 radical (unpaired) electrons. The Morgan fingerprint density at radius 2 is 1.91 bits per heavy atom. The number of aromatic nitrogens is 2. The van der Waals surface area contributed by atoms with Crippen LogP contribution in [0, 0.1) is 0 Å². The summed E-state index contributed by atoms with van der Waals surface area (Å²) < 4.78 is 44.8. The van der Waals surface area contributed by atoms with Crippen molar-refractivity contribution in [3.63, 3.8) is 0 Å². The van der Waals surface area contributed by atoms with Gasteiger partial charge in [0.15, 0.2) is 0 Å². The Morgan fingerprint density at radius 3 is 2.43 bits per heavy atom. The summed E-state index contributed by atoms with van der Waals surface area (Å²) in [5, 5.41) is 0. The fraction of sp³-hybridized carbons (Fsp3) is 0.429. The Hall–Kier alpha value is -1.77. The summed E-state index contributed by atoms with van der Waals surface area (Å²) in [5.41, 5.74) is -1.71. The summed E-state index contributed by atoms with van der Waals surface area (Å²) in [6.07, 6.45) is -5.27. The van der Waals surface area contributed by atoms with Crippen molar-refractivity contribution in [1.29, 1.82) is 0 Å². The van der Waals surface area contributed by atoms with Crippen LogP contribution in [0.1, 0.15) is 26.3 Å². The number of aromatic amines is 1. The number of hydrogen-bond donors (Lipinski definition) is 1. The van der Waals surface area contributed by atoms with Gasteiger partial charge in [0.05, 0.1) is 11.1 Å². The first-order valence-corrected chi connectivity index (χ1v) is 7.41. The lowest BCUT2D eigenvalue weighted by atomic mass is 10.2. The maximum absolute atomic E-state index is 13.1. The van der Waals surface area contributed by atoms with E-state index in [-0.39, 0.29) is 21.5 Å². The van der Waals surface area contributed by atoms with Crippen LogP contribution in [0.3, 0.4) is 0 Å². The van der Waals surface area contributed by atoms with Gasteiger partial charge in [-0.15, -0.1) is 0 Å². The van der Waals surface area contributed by atoms with Gasteiger partial charge in [-0.05, 0) is 32.9 Å². The predicted molar refractivity (Wildman–Crippen MR) is 83.4 cm³/mol. The number of H-pyrrole nitrogens is 1. The molecule has 9 heteroatoms. The quantitative estimate of drug-likeness (QED) is 0.762. The molecule has 0 aliphatic carbocycles. The van der Waals surface area contributed by atoms with E-state index in [2.05, 4.69) is 25.9 Å². The lowest BCUT2D eigenvalue weighted by molar-refractivity contribution is -0.136. The maximum atomic E-state index is 13.1. The van der Waals surface area contributed by atoms with Crippen LogP contribution in [0.5, 0.6) is 0 Å². The third-order valence-corrected chi connectivity index (χ3v) is 3.29. The van der Waals surface area contributed by atoms with E-state index in [4.69, 9.17) is 4.74 Å². The van der Waals surface area contributed by atoms with Crippen molar-refractivity contribution >= 4 is 39.0 Å². The average Bonchev–Trinajstić information content (AvgIpc) is 2.76. The Balaban J connectivity index is 2.46. The van der Waals surface area contributed by atoms with Gasteiger partial charge in [0.25, 0.3) is 0 Å².